The smallest absolute Gasteiger partial charge is 0.327 e. The van der Waals surface area contributed by atoms with Crippen LogP contribution in [0, 0.1) is 0 Å². The topological polar surface area (TPSA) is 108 Å². The molecule has 1 aromatic heterocycles. The fraction of sp³-hybridized carbons (Fsp3) is 0.154. The van der Waals surface area contributed by atoms with Crippen LogP contribution in [0.3, 0.4) is 0 Å². The molecule has 2 N–H and O–H groups in total. The van der Waals surface area contributed by atoms with E-state index in [0.29, 0.717) is 5.69 Å². The van der Waals surface area contributed by atoms with Crippen LogP contribution >= 0.6 is 24.0 Å². The van der Waals surface area contributed by atoms with Crippen molar-refractivity contribution in [2.45, 2.75) is 12.5 Å². The largest absolute Gasteiger partial charge is 0.481 e. The van der Waals surface area contributed by atoms with Gasteiger partial charge in [0.15, 0.2) is 0 Å². The van der Waals surface area contributed by atoms with Gasteiger partial charge in [-0.1, -0.05) is 30.0 Å². The molecule has 1 unspecified atom stereocenters. The van der Waals surface area contributed by atoms with Crippen molar-refractivity contribution in [3.05, 3.63) is 35.0 Å². The van der Waals surface area contributed by atoms with Crippen LogP contribution in [0.2, 0.25) is 0 Å². The van der Waals surface area contributed by atoms with Crippen molar-refractivity contribution in [1.82, 2.24) is 9.88 Å². The van der Waals surface area contributed by atoms with Gasteiger partial charge in [0.2, 0.25) is 0 Å². The number of aromatic nitrogens is 1. The van der Waals surface area contributed by atoms with Crippen molar-refractivity contribution in [2.75, 3.05) is 0 Å². The standard InChI is InChI=1S/C13H10N2O5S2/c16-10(17)6-8(12(19)20)15-11(18)9(22-13(15)21)5-7-3-1-2-4-14-7/h1-5,8H,6H2,(H,16,17)(H,19,20). The molecule has 0 bridgehead atoms. The molecule has 114 valence electrons. The van der Waals surface area contributed by atoms with Gasteiger partial charge < -0.3 is 10.2 Å². The zero-order valence-corrected chi connectivity index (χ0v) is 12.6. The average molecular weight is 338 g/mol. The van der Waals surface area contributed by atoms with Crippen LogP contribution in [0.15, 0.2) is 29.3 Å². The third-order valence-corrected chi connectivity index (χ3v) is 4.09. The molecular formula is C13H10N2O5S2. The fourth-order valence-electron chi connectivity index (χ4n) is 1.80. The van der Waals surface area contributed by atoms with Gasteiger partial charge >= 0.3 is 11.9 Å². The second-order valence-corrected chi connectivity index (χ2v) is 5.93. The lowest BCUT2D eigenvalue weighted by atomic mass is 10.2. The number of thioether (sulfide) groups is 1. The Hall–Kier alpha value is -2.26. The van der Waals surface area contributed by atoms with E-state index in [1.165, 1.54) is 6.08 Å². The lowest BCUT2D eigenvalue weighted by molar-refractivity contribution is -0.150. The van der Waals surface area contributed by atoms with E-state index < -0.39 is 30.3 Å². The maximum atomic E-state index is 12.3. The third-order valence-electron chi connectivity index (χ3n) is 2.75. The number of carboxylic acids is 2. The van der Waals surface area contributed by atoms with Crippen molar-refractivity contribution < 1.29 is 24.6 Å². The highest BCUT2D eigenvalue weighted by molar-refractivity contribution is 8.26. The number of hydrogen-bond acceptors (Lipinski definition) is 6. The molecule has 2 heterocycles. The molecule has 1 aliphatic heterocycles. The van der Waals surface area contributed by atoms with E-state index in [2.05, 4.69) is 4.98 Å². The minimum absolute atomic E-state index is 0.0147. The Morgan fingerprint density at radius 1 is 1.41 bits per heavy atom. The fourth-order valence-corrected chi connectivity index (χ4v) is 3.14. The van der Waals surface area contributed by atoms with E-state index in [-0.39, 0.29) is 9.23 Å². The Balaban J connectivity index is 2.30. The molecule has 1 fully saturated rings. The minimum Gasteiger partial charge on any atom is -0.481 e. The van der Waals surface area contributed by atoms with E-state index in [1.807, 2.05) is 0 Å². The molecule has 22 heavy (non-hydrogen) atoms. The highest BCUT2D eigenvalue weighted by Gasteiger charge is 2.41. The summed E-state index contributed by atoms with van der Waals surface area (Å²) in [5, 5.41) is 17.9. The molecule has 1 aromatic rings. The van der Waals surface area contributed by atoms with Crippen LogP contribution in [-0.2, 0) is 14.4 Å². The van der Waals surface area contributed by atoms with E-state index in [9.17, 15) is 14.4 Å². The zero-order chi connectivity index (χ0) is 16.3. The molecular weight excluding hydrogens is 328 g/mol. The van der Waals surface area contributed by atoms with Crippen LogP contribution in [-0.4, -0.2) is 48.3 Å². The minimum atomic E-state index is -1.53. The molecule has 1 saturated heterocycles. The van der Waals surface area contributed by atoms with Crippen molar-refractivity contribution in [1.29, 1.82) is 0 Å². The van der Waals surface area contributed by atoms with Gasteiger partial charge in [-0.25, -0.2) is 4.79 Å². The predicted molar refractivity (Wildman–Crippen MR) is 82.9 cm³/mol. The van der Waals surface area contributed by atoms with Gasteiger partial charge in [-0.3, -0.25) is 19.5 Å². The van der Waals surface area contributed by atoms with Gasteiger partial charge in [0, 0.05) is 6.20 Å². The summed E-state index contributed by atoms with van der Waals surface area (Å²) in [6.45, 7) is 0. The molecule has 7 nitrogen and oxygen atoms in total. The number of pyridine rings is 1. The van der Waals surface area contributed by atoms with E-state index in [4.69, 9.17) is 22.4 Å². The Kier molecular flexibility index (Phi) is 4.88. The number of carbonyl (C=O) groups excluding carboxylic acids is 1. The number of rotatable bonds is 5. The molecule has 0 aliphatic carbocycles. The molecule has 1 atom stereocenters. The number of thiocarbonyl (C=S) groups is 1. The Morgan fingerprint density at radius 2 is 2.14 bits per heavy atom. The molecule has 1 aliphatic rings. The Bertz CT molecular complexity index is 674. The summed E-state index contributed by atoms with van der Waals surface area (Å²) in [5.74, 6) is -3.37. The van der Waals surface area contributed by atoms with Crippen molar-refractivity contribution in [2.24, 2.45) is 0 Å². The quantitative estimate of drug-likeness (QED) is 0.609. The summed E-state index contributed by atoms with van der Waals surface area (Å²) in [6, 6.07) is 3.61. The van der Waals surface area contributed by atoms with Gasteiger partial charge in [0.1, 0.15) is 10.4 Å². The average Bonchev–Trinajstić information content (AvgIpc) is 2.72. The zero-order valence-electron chi connectivity index (χ0n) is 11.0. The van der Waals surface area contributed by atoms with Crippen molar-refractivity contribution >= 4 is 52.2 Å². The number of nitrogens with zero attached hydrogens (tertiary/aromatic N) is 2. The number of amides is 1. The van der Waals surface area contributed by atoms with Gasteiger partial charge in [-0.05, 0) is 18.2 Å². The molecule has 2 rings (SSSR count). The van der Waals surface area contributed by atoms with E-state index in [1.54, 1.807) is 24.4 Å². The maximum Gasteiger partial charge on any atom is 0.327 e. The molecule has 1 amide bonds. The first-order chi connectivity index (χ1) is 10.4. The SMILES string of the molecule is O=C(O)CC(C(=O)O)N1C(=O)C(=Cc2ccccn2)SC1=S. The van der Waals surface area contributed by atoms with E-state index >= 15 is 0 Å². The maximum absolute atomic E-state index is 12.3. The van der Waals surface area contributed by atoms with Crippen LogP contribution in [0.4, 0.5) is 0 Å². The molecule has 0 aromatic carbocycles. The van der Waals surface area contributed by atoms with E-state index in [0.717, 1.165) is 16.7 Å². The number of carboxylic acid groups (broad SMARTS) is 2. The summed E-state index contributed by atoms with van der Waals surface area (Å²) in [4.78, 5) is 39.4. The number of carbonyl (C=O) groups is 3. The highest BCUT2D eigenvalue weighted by atomic mass is 32.2. The Morgan fingerprint density at radius 3 is 2.68 bits per heavy atom. The van der Waals surface area contributed by atoms with Crippen LogP contribution in [0.5, 0.6) is 0 Å². The van der Waals surface area contributed by atoms with Gasteiger partial charge in [-0.15, -0.1) is 0 Å². The van der Waals surface area contributed by atoms with Crippen LogP contribution in [0.1, 0.15) is 12.1 Å². The summed E-state index contributed by atoms with van der Waals surface area (Å²) < 4.78 is 0.0147. The first-order valence-corrected chi connectivity index (χ1v) is 7.25. The number of aliphatic carboxylic acids is 2. The molecule has 9 heteroatoms. The predicted octanol–water partition coefficient (Wildman–Crippen LogP) is 1.21. The monoisotopic (exact) mass is 338 g/mol. The normalized spacial score (nSPS) is 17.8. The summed E-state index contributed by atoms with van der Waals surface area (Å²) in [6.07, 6.45) is 2.31. The summed E-state index contributed by atoms with van der Waals surface area (Å²) in [7, 11) is 0. The lowest BCUT2D eigenvalue weighted by Crippen LogP contribution is -2.45. The Labute approximate surface area is 134 Å². The van der Waals surface area contributed by atoms with Crippen LogP contribution in [0.25, 0.3) is 6.08 Å². The number of hydrogen-bond donors (Lipinski definition) is 2. The highest BCUT2D eigenvalue weighted by Crippen LogP contribution is 2.34. The second-order valence-electron chi connectivity index (χ2n) is 4.26. The summed E-state index contributed by atoms with van der Waals surface area (Å²) >= 11 is 5.93. The first-order valence-electron chi connectivity index (χ1n) is 6.03. The second kappa shape index (κ2) is 6.67. The molecule has 0 spiro atoms. The van der Waals surface area contributed by atoms with Crippen molar-refractivity contribution in [3.8, 4) is 0 Å². The van der Waals surface area contributed by atoms with Crippen LogP contribution < -0.4 is 0 Å². The molecule has 0 saturated carbocycles. The first kappa shape index (κ1) is 16.1. The third kappa shape index (κ3) is 3.49. The molecule has 0 radical (unpaired) electrons. The summed E-state index contributed by atoms with van der Waals surface area (Å²) in [5.41, 5.74) is 0.521. The lowest BCUT2D eigenvalue weighted by Gasteiger charge is -2.21. The van der Waals surface area contributed by atoms with Gasteiger partial charge in [0.05, 0.1) is 17.0 Å². The van der Waals surface area contributed by atoms with Crippen molar-refractivity contribution in [3.63, 3.8) is 0 Å². The van der Waals surface area contributed by atoms with Gasteiger partial charge in [0.25, 0.3) is 5.91 Å². The van der Waals surface area contributed by atoms with Gasteiger partial charge in [-0.2, -0.15) is 0 Å².